The third kappa shape index (κ3) is 6.97. The summed E-state index contributed by atoms with van der Waals surface area (Å²) in [7, 11) is 0. The molecule has 4 heteroatoms. The zero-order chi connectivity index (χ0) is 57.1. The predicted molar refractivity (Wildman–Crippen MR) is 356 cm³/mol. The van der Waals surface area contributed by atoms with Gasteiger partial charge in [-0.2, -0.15) is 0 Å². The van der Waals surface area contributed by atoms with Crippen molar-refractivity contribution in [2.24, 2.45) is 0 Å². The largest absolute Gasteiger partial charge is 0.455 e. The number of fused-ring (bicyclic) bond motifs is 25. The maximum atomic E-state index is 7.69. The van der Waals surface area contributed by atoms with Crippen molar-refractivity contribution in [3.05, 3.63) is 288 Å². The summed E-state index contributed by atoms with van der Waals surface area (Å²) in [6.45, 7) is 13.7. The van der Waals surface area contributed by atoms with Crippen molar-refractivity contribution in [3.63, 3.8) is 0 Å². The number of benzene rings is 12. The fraction of sp³-hybridized carbons (Fsp3) is 0.111. The van der Waals surface area contributed by atoms with Gasteiger partial charge in [-0.05, 0) is 138 Å². The Morgan fingerprint density at radius 2 is 0.729 bits per heavy atom. The maximum Gasteiger partial charge on any atom is 0.160 e. The van der Waals surface area contributed by atoms with Crippen LogP contribution in [0.25, 0.3) is 115 Å². The van der Waals surface area contributed by atoms with Crippen LogP contribution in [0.4, 0.5) is 17.1 Å². The minimum Gasteiger partial charge on any atom is -0.455 e. The fourth-order valence-electron chi connectivity index (χ4n) is 14.9. The van der Waals surface area contributed by atoms with Crippen molar-refractivity contribution < 1.29 is 8.83 Å². The highest BCUT2D eigenvalue weighted by molar-refractivity contribution is 6.26. The molecule has 12 aromatic carbocycles. The van der Waals surface area contributed by atoms with Gasteiger partial charge in [0.1, 0.15) is 16.7 Å². The van der Waals surface area contributed by atoms with Crippen LogP contribution in [0, 0.1) is 0 Å². The molecule has 2 aliphatic carbocycles. The summed E-state index contributed by atoms with van der Waals surface area (Å²) in [4.78, 5) is 2.45. The number of rotatable bonds is 4. The van der Waals surface area contributed by atoms with Gasteiger partial charge in [0.25, 0.3) is 0 Å². The first kappa shape index (κ1) is 49.4. The van der Waals surface area contributed by atoms with Gasteiger partial charge in [-0.25, -0.2) is 0 Å². The first-order valence-corrected chi connectivity index (χ1v) is 29.8. The molecule has 1 spiro atoms. The van der Waals surface area contributed by atoms with Gasteiger partial charge < -0.3 is 18.3 Å². The van der Waals surface area contributed by atoms with E-state index < -0.39 is 5.41 Å². The maximum absolute atomic E-state index is 7.69. The van der Waals surface area contributed by atoms with Crippen molar-refractivity contribution in [2.45, 2.75) is 57.8 Å². The second kappa shape index (κ2) is 17.9. The van der Waals surface area contributed by atoms with Crippen LogP contribution in [0.3, 0.4) is 0 Å². The quantitative estimate of drug-likeness (QED) is 0.176. The van der Waals surface area contributed by atoms with Gasteiger partial charge in [0.2, 0.25) is 0 Å². The molecular weight excluding hydrogens is 1030 g/mol. The molecule has 3 heterocycles. The van der Waals surface area contributed by atoms with Gasteiger partial charge >= 0.3 is 0 Å². The molecule has 4 nitrogen and oxygen atoms in total. The van der Waals surface area contributed by atoms with Crippen molar-refractivity contribution in [1.82, 2.24) is 4.57 Å². The minimum atomic E-state index is -0.850. The van der Waals surface area contributed by atoms with Gasteiger partial charge in [0.05, 0.1) is 33.2 Å². The van der Waals surface area contributed by atoms with E-state index in [2.05, 4.69) is 306 Å². The average Bonchev–Trinajstić information content (AvgIpc) is 1.50. The Bertz CT molecular complexity index is 5180. The Balaban J connectivity index is 1.10. The molecular formula is C81H60N2O2. The zero-order valence-corrected chi connectivity index (χ0v) is 48.5. The average molecular weight is 1090 g/mol. The normalized spacial score (nSPS) is 13.4. The number of para-hydroxylation sites is 4. The second-order valence-electron chi connectivity index (χ2n) is 25.5. The molecule has 406 valence electrons. The Morgan fingerprint density at radius 1 is 0.341 bits per heavy atom. The Labute approximate surface area is 493 Å². The molecule has 17 rings (SSSR count). The van der Waals surface area contributed by atoms with Crippen molar-refractivity contribution in [2.75, 3.05) is 4.90 Å². The van der Waals surface area contributed by atoms with Crippen LogP contribution >= 0.6 is 0 Å². The highest BCUT2D eigenvalue weighted by atomic mass is 16.3. The summed E-state index contributed by atoms with van der Waals surface area (Å²) >= 11 is 0. The molecule has 0 fully saturated rings. The predicted octanol–water partition coefficient (Wildman–Crippen LogP) is 22.4. The topological polar surface area (TPSA) is 34.5 Å². The van der Waals surface area contributed by atoms with Crippen molar-refractivity contribution >= 4 is 104 Å². The molecule has 0 N–H and O–H groups in total. The molecule has 0 saturated heterocycles. The third-order valence-corrected chi connectivity index (χ3v) is 18.7. The minimum absolute atomic E-state index is 0.0373. The number of hydrogen-bond donors (Lipinski definition) is 0. The molecule has 85 heavy (non-hydrogen) atoms. The Morgan fingerprint density at radius 3 is 1.22 bits per heavy atom. The van der Waals surface area contributed by atoms with Crippen LogP contribution in [0.2, 0.25) is 0 Å². The van der Waals surface area contributed by atoms with Crippen molar-refractivity contribution in [1.29, 1.82) is 0 Å². The van der Waals surface area contributed by atoms with Crippen LogP contribution in [0.5, 0.6) is 0 Å². The van der Waals surface area contributed by atoms with E-state index in [-0.39, 0.29) is 10.8 Å². The smallest absolute Gasteiger partial charge is 0.160 e. The van der Waals surface area contributed by atoms with Gasteiger partial charge in [-0.1, -0.05) is 236 Å². The first-order valence-electron chi connectivity index (χ1n) is 29.8. The summed E-state index contributed by atoms with van der Waals surface area (Å²) in [6, 6.07) is 95.0. The van der Waals surface area contributed by atoms with E-state index in [4.69, 9.17) is 8.83 Å². The van der Waals surface area contributed by atoms with E-state index in [0.717, 1.165) is 105 Å². The van der Waals surface area contributed by atoms with Gasteiger partial charge in [0.15, 0.2) is 5.58 Å². The zero-order valence-electron chi connectivity index (χ0n) is 48.5. The molecule has 0 bridgehead atoms. The van der Waals surface area contributed by atoms with Crippen LogP contribution < -0.4 is 4.90 Å². The summed E-state index contributed by atoms with van der Waals surface area (Å²) in [5.74, 6) is 0. The lowest BCUT2D eigenvalue weighted by Crippen LogP contribution is -2.26. The second-order valence-corrected chi connectivity index (χ2v) is 25.5. The van der Waals surface area contributed by atoms with Gasteiger partial charge in [-0.15, -0.1) is 0 Å². The lowest BCUT2D eigenvalue weighted by Gasteiger charge is -2.33. The molecule has 3 aromatic heterocycles. The molecule has 0 radical (unpaired) electrons. The standard InChI is InChI=1S/C81H60N2O2/c1-79(2,3)49-39-43-51(44-40-49)82(52-45-41-50(42-46-52)80(4,5)6)70-48-65-75(74-62-32-16-22-38-72(62)84-77(70)74)76-66(81(65)63-33-17-11-27-57(63)58-28-12-18-34-64(58)81)47-69(73-61-31-15-21-37-71(61)85-78(73)76)83-67-35-19-13-29-59(67)55-25-9-7-23-53(55)54-24-8-10-26-56(54)60-30-14-20-36-68(60)83/h7-48H,1-6H3. The molecule has 2 aliphatic rings. The van der Waals surface area contributed by atoms with Crippen LogP contribution in [0.15, 0.2) is 264 Å². The van der Waals surface area contributed by atoms with Crippen molar-refractivity contribution in [3.8, 4) is 27.9 Å². The van der Waals surface area contributed by atoms with E-state index in [9.17, 15) is 0 Å². The Kier molecular flexibility index (Phi) is 10.4. The Hall–Kier alpha value is -10.2. The lowest BCUT2D eigenvalue weighted by atomic mass is 9.70. The van der Waals surface area contributed by atoms with E-state index in [1.807, 2.05) is 0 Å². The van der Waals surface area contributed by atoms with Gasteiger partial charge in [0, 0.05) is 49.4 Å². The fourth-order valence-corrected chi connectivity index (χ4v) is 14.9. The summed E-state index contributed by atoms with van der Waals surface area (Å²) in [5.41, 5.74) is 20.7. The molecule has 0 aliphatic heterocycles. The lowest BCUT2D eigenvalue weighted by molar-refractivity contribution is 0.590. The first-order chi connectivity index (χ1) is 41.5. The van der Waals surface area contributed by atoms with Crippen LogP contribution in [-0.2, 0) is 16.2 Å². The van der Waals surface area contributed by atoms with E-state index >= 15 is 0 Å². The summed E-state index contributed by atoms with van der Waals surface area (Å²) < 4.78 is 17.7. The SMILES string of the molecule is CC(C)(C)c1ccc(N(c2ccc(C(C)(C)C)cc2)c2cc3c(c4c2oc2ccccc24)-c2c(cc(-n4c5ccccc5c5ccccc5c5ccccc5c5ccccc54)c4c2oc2ccccc24)C32c3ccccc3-c3ccccc32)cc1. The van der Waals surface area contributed by atoms with E-state index in [0.29, 0.717) is 0 Å². The molecule has 0 amide bonds. The third-order valence-electron chi connectivity index (χ3n) is 18.7. The van der Waals surface area contributed by atoms with E-state index in [1.54, 1.807) is 0 Å². The van der Waals surface area contributed by atoms with E-state index in [1.165, 1.54) is 60.5 Å². The summed E-state index contributed by atoms with van der Waals surface area (Å²) in [5, 5.41) is 11.2. The molecule has 15 aromatic rings. The number of anilines is 3. The molecule has 0 saturated carbocycles. The molecule has 0 atom stereocenters. The van der Waals surface area contributed by atoms with Gasteiger partial charge in [-0.3, -0.25) is 0 Å². The highest BCUT2D eigenvalue weighted by Crippen LogP contribution is 2.67. The highest BCUT2D eigenvalue weighted by Gasteiger charge is 2.54. The summed E-state index contributed by atoms with van der Waals surface area (Å²) in [6.07, 6.45) is 0. The number of nitrogens with zero attached hydrogens (tertiary/aromatic N) is 2. The van der Waals surface area contributed by atoms with Crippen LogP contribution in [0.1, 0.15) is 74.9 Å². The number of aromatic nitrogens is 1. The number of furan rings is 2. The van der Waals surface area contributed by atoms with Crippen LogP contribution in [-0.4, -0.2) is 4.57 Å². The monoisotopic (exact) mass is 1090 g/mol. The molecule has 0 unspecified atom stereocenters. The number of hydrogen-bond acceptors (Lipinski definition) is 3.